The molecule has 2 N–H and O–H groups in total. The molecule has 2 aromatic carbocycles. The summed E-state index contributed by atoms with van der Waals surface area (Å²) < 4.78 is 0. The number of aliphatic hydroxyl groups excluding tert-OH is 1. The highest BCUT2D eigenvalue weighted by atomic mass is 35.5. The minimum atomic E-state index is -0.569. The predicted molar refractivity (Wildman–Crippen MR) is 80.8 cm³/mol. The van der Waals surface area contributed by atoms with E-state index in [2.05, 4.69) is 31.3 Å². The standard InChI is InChI=1S/C16H18ClNO/c1-11-6-7-15(8-12(11)2)18-10-16(19)13-4-3-5-14(17)9-13/h3-9,16,18-19H,10H2,1-2H3. The molecule has 0 fully saturated rings. The Morgan fingerprint density at radius 3 is 2.58 bits per heavy atom. The second-order valence-corrected chi connectivity index (χ2v) is 5.19. The number of nitrogens with one attached hydrogen (secondary N) is 1. The SMILES string of the molecule is Cc1ccc(NCC(O)c2cccc(Cl)c2)cc1C. The first-order valence-corrected chi connectivity index (χ1v) is 6.69. The summed E-state index contributed by atoms with van der Waals surface area (Å²) in [6.07, 6.45) is -0.569. The minimum absolute atomic E-state index is 0.461. The van der Waals surface area contributed by atoms with Crippen molar-refractivity contribution in [3.05, 3.63) is 64.2 Å². The van der Waals surface area contributed by atoms with E-state index in [0.29, 0.717) is 11.6 Å². The molecule has 1 atom stereocenters. The topological polar surface area (TPSA) is 32.3 Å². The van der Waals surface area contributed by atoms with Crippen molar-refractivity contribution in [2.24, 2.45) is 0 Å². The third kappa shape index (κ3) is 3.72. The van der Waals surface area contributed by atoms with E-state index in [-0.39, 0.29) is 0 Å². The van der Waals surface area contributed by atoms with Crippen LogP contribution in [0.1, 0.15) is 22.8 Å². The van der Waals surface area contributed by atoms with Crippen molar-refractivity contribution < 1.29 is 5.11 Å². The average Bonchev–Trinajstić information content (AvgIpc) is 2.40. The van der Waals surface area contributed by atoms with E-state index in [1.165, 1.54) is 11.1 Å². The summed E-state index contributed by atoms with van der Waals surface area (Å²) in [6, 6.07) is 13.5. The summed E-state index contributed by atoms with van der Waals surface area (Å²) >= 11 is 5.91. The number of hydrogen-bond donors (Lipinski definition) is 2. The monoisotopic (exact) mass is 275 g/mol. The predicted octanol–water partition coefficient (Wildman–Crippen LogP) is 4.10. The summed E-state index contributed by atoms with van der Waals surface area (Å²) in [5.74, 6) is 0. The number of hydrogen-bond acceptors (Lipinski definition) is 2. The van der Waals surface area contributed by atoms with E-state index >= 15 is 0 Å². The fourth-order valence-corrected chi connectivity index (χ4v) is 2.10. The van der Waals surface area contributed by atoms with Crippen molar-refractivity contribution in [3.8, 4) is 0 Å². The number of rotatable bonds is 4. The summed E-state index contributed by atoms with van der Waals surface area (Å²) in [7, 11) is 0. The first-order valence-electron chi connectivity index (χ1n) is 6.31. The van der Waals surface area contributed by atoms with Crippen LogP contribution in [0.3, 0.4) is 0 Å². The average molecular weight is 276 g/mol. The van der Waals surface area contributed by atoms with Gasteiger partial charge >= 0.3 is 0 Å². The molecule has 0 aromatic heterocycles. The van der Waals surface area contributed by atoms with Crippen molar-refractivity contribution in [1.82, 2.24) is 0 Å². The van der Waals surface area contributed by atoms with Gasteiger partial charge in [0.25, 0.3) is 0 Å². The smallest absolute Gasteiger partial charge is 0.0962 e. The lowest BCUT2D eigenvalue weighted by molar-refractivity contribution is 0.191. The Morgan fingerprint density at radius 1 is 1.11 bits per heavy atom. The molecule has 0 aliphatic carbocycles. The van der Waals surface area contributed by atoms with Gasteiger partial charge in [-0.1, -0.05) is 29.8 Å². The highest BCUT2D eigenvalue weighted by Crippen LogP contribution is 2.19. The van der Waals surface area contributed by atoms with Crippen LogP contribution in [0, 0.1) is 13.8 Å². The summed E-state index contributed by atoms with van der Waals surface area (Å²) in [5.41, 5.74) is 4.34. The summed E-state index contributed by atoms with van der Waals surface area (Å²) in [5, 5.41) is 14.0. The zero-order chi connectivity index (χ0) is 13.8. The molecule has 2 aromatic rings. The van der Waals surface area contributed by atoms with Crippen molar-refractivity contribution in [2.75, 3.05) is 11.9 Å². The fraction of sp³-hybridized carbons (Fsp3) is 0.250. The molecule has 0 aliphatic heterocycles. The fourth-order valence-electron chi connectivity index (χ4n) is 1.90. The Kier molecular flexibility index (Phi) is 4.46. The van der Waals surface area contributed by atoms with Crippen molar-refractivity contribution in [1.29, 1.82) is 0 Å². The minimum Gasteiger partial charge on any atom is -0.387 e. The van der Waals surface area contributed by atoms with Gasteiger partial charge in [0.1, 0.15) is 0 Å². The van der Waals surface area contributed by atoms with Gasteiger partial charge in [0.2, 0.25) is 0 Å². The highest BCUT2D eigenvalue weighted by molar-refractivity contribution is 6.30. The Hall–Kier alpha value is -1.51. The Bertz CT molecular complexity index is 568. The lowest BCUT2D eigenvalue weighted by Crippen LogP contribution is -2.12. The number of aliphatic hydroxyl groups is 1. The molecular weight excluding hydrogens is 258 g/mol. The van der Waals surface area contributed by atoms with Crippen molar-refractivity contribution in [3.63, 3.8) is 0 Å². The van der Waals surface area contributed by atoms with E-state index in [9.17, 15) is 5.11 Å². The van der Waals surface area contributed by atoms with Crippen LogP contribution in [0.4, 0.5) is 5.69 Å². The first kappa shape index (κ1) is 13.9. The van der Waals surface area contributed by atoms with Crippen LogP contribution in [-0.2, 0) is 0 Å². The molecule has 19 heavy (non-hydrogen) atoms. The highest BCUT2D eigenvalue weighted by Gasteiger charge is 2.07. The van der Waals surface area contributed by atoms with E-state index in [1.54, 1.807) is 12.1 Å². The molecule has 0 saturated heterocycles. The van der Waals surface area contributed by atoms with Gasteiger partial charge < -0.3 is 10.4 Å². The van der Waals surface area contributed by atoms with Crippen LogP contribution in [0.25, 0.3) is 0 Å². The van der Waals surface area contributed by atoms with Gasteiger partial charge in [0.05, 0.1) is 6.10 Å². The van der Waals surface area contributed by atoms with Crippen LogP contribution in [0.15, 0.2) is 42.5 Å². The van der Waals surface area contributed by atoms with E-state index in [1.807, 2.05) is 18.2 Å². The molecular formula is C16H18ClNO. The molecule has 0 radical (unpaired) electrons. The van der Waals surface area contributed by atoms with Crippen LogP contribution in [0.2, 0.25) is 5.02 Å². The summed E-state index contributed by atoms with van der Waals surface area (Å²) in [6.45, 7) is 4.62. The molecule has 0 heterocycles. The maximum atomic E-state index is 10.1. The molecule has 0 aliphatic rings. The van der Waals surface area contributed by atoms with E-state index in [0.717, 1.165) is 11.3 Å². The summed E-state index contributed by atoms with van der Waals surface area (Å²) in [4.78, 5) is 0. The van der Waals surface area contributed by atoms with Crippen LogP contribution >= 0.6 is 11.6 Å². The second kappa shape index (κ2) is 6.09. The molecule has 0 bridgehead atoms. The molecule has 0 saturated carbocycles. The number of halogens is 1. The maximum absolute atomic E-state index is 10.1. The zero-order valence-electron chi connectivity index (χ0n) is 11.2. The molecule has 1 unspecified atom stereocenters. The molecule has 3 heteroatoms. The molecule has 2 rings (SSSR count). The largest absolute Gasteiger partial charge is 0.387 e. The quantitative estimate of drug-likeness (QED) is 0.880. The normalized spacial score (nSPS) is 12.2. The third-order valence-corrected chi connectivity index (χ3v) is 3.47. The van der Waals surface area contributed by atoms with E-state index < -0.39 is 6.10 Å². The molecule has 2 nitrogen and oxygen atoms in total. The van der Waals surface area contributed by atoms with Gasteiger partial charge in [-0.15, -0.1) is 0 Å². The van der Waals surface area contributed by atoms with E-state index in [4.69, 9.17) is 11.6 Å². The second-order valence-electron chi connectivity index (χ2n) is 4.75. The lowest BCUT2D eigenvalue weighted by atomic mass is 10.1. The van der Waals surface area contributed by atoms with Gasteiger partial charge in [-0.2, -0.15) is 0 Å². The third-order valence-electron chi connectivity index (χ3n) is 3.24. The van der Waals surface area contributed by atoms with Gasteiger partial charge in [0, 0.05) is 17.3 Å². The van der Waals surface area contributed by atoms with Crippen molar-refractivity contribution >= 4 is 17.3 Å². The Morgan fingerprint density at radius 2 is 1.89 bits per heavy atom. The van der Waals surface area contributed by atoms with Gasteiger partial charge in [-0.05, 0) is 54.8 Å². The molecule has 0 spiro atoms. The molecule has 100 valence electrons. The number of aryl methyl sites for hydroxylation is 2. The van der Waals surface area contributed by atoms with Crippen LogP contribution in [-0.4, -0.2) is 11.7 Å². The first-order chi connectivity index (χ1) is 9.06. The van der Waals surface area contributed by atoms with Crippen LogP contribution in [0.5, 0.6) is 0 Å². The lowest BCUT2D eigenvalue weighted by Gasteiger charge is -2.14. The van der Waals surface area contributed by atoms with Crippen molar-refractivity contribution in [2.45, 2.75) is 20.0 Å². The van der Waals surface area contributed by atoms with Gasteiger partial charge in [-0.25, -0.2) is 0 Å². The zero-order valence-corrected chi connectivity index (χ0v) is 11.9. The number of benzene rings is 2. The van der Waals surface area contributed by atoms with Gasteiger partial charge in [-0.3, -0.25) is 0 Å². The Labute approximate surface area is 119 Å². The Balaban J connectivity index is 2.00. The maximum Gasteiger partial charge on any atom is 0.0962 e. The number of anilines is 1. The van der Waals surface area contributed by atoms with Crippen LogP contribution < -0.4 is 5.32 Å². The van der Waals surface area contributed by atoms with Gasteiger partial charge in [0.15, 0.2) is 0 Å². The molecule has 0 amide bonds.